The number of hydrogen-bond donors (Lipinski definition) is 1. The van der Waals surface area contributed by atoms with E-state index < -0.39 is 5.82 Å². The summed E-state index contributed by atoms with van der Waals surface area (Å²) in [7, 11) is 0. The maximum atomic E-state index is 12.9. The Morgan fingerprint density at radius 1 is 1.62 bits per heavy atom. The van der Waals surface area contributed by atoms with Crippen LogP contribution in [0.15, 0.2) is 18.2 Å². The summed E-state index contributed by atoms with van der Waals surface area (Å²) in [5.74, 6) is -0.933. The number of halogens is 2. The molecule has 4 heteroatoms. The first-order valence-electron chi connectivity index (χ1n) is 3.89. The van der Waals surface area contributed by atoms with Crippen molar-refractivity contribution in [3.63, 3.8) is 0 Å². The van der Waals surface area contributed by atoms with Gasteiger partial charge in [-0.3, -0.25) is 4.79 Å². The number of benzene rings is 1. The van der Waals surface area contributed by atoms with E-state index in [4.69, 9.17) is 11.6 Å². The zero-order valence-corrected chi connectivity index (χ0v) is 7.86. The molecule has 0 radical (unpaired) electrons. The first-order valence-corrected chi connectivity index (χ1v) is 4.26. The predicted octanol–water partition coefficient (Wildman–Crippen LogP) is 2.23. The van der Waals surface area contributed by atoms with Crippen molar-refractivity contribution in [2.75, 3.05) is 6.54 Å². The minimum Gasteiger partial charge on any atom is -0.352 e. The number of amides is 1. The molecule has 0 saturated carbocycles. The molecule has 0 aliphatic rings. The standard InChI is InChI=1S/C9H9ClFNO/c1-2-12-9(13)6-4-3-5-7(11)8(6)10/h3-5H,2H2,1H3,(H,12,13). The molecule has 0 fully saturated rings. The molecule has 0 heterocycles. The maximum absolute atomic E-state index is 12.9. The quantitative estimate of drug-likeness (QED) is 0.781. The maximum Gasteiger partial charge on any atom is 0.252 e. The molecular formula is C9H9ClFNO. The number of carbonyl (C=O) groups is 1. The monoisotopic (exact) mass is 201 g/mol. The largest absolute Gasteiger partial charge is 0.352 e. The molecule has 1 aromatic carbocycles. The van der Waals surface area contributed by atoms with Crippen LogP contribution in [-0.2, 0) is 0 Å². The van der Waals surface area contributed by atoms with Gasteiger partial charge >= 0.3 is 0 Å². The molecule has 0 aromatic heterocycles. The molecule has 0 aliphatic heterocycles. The Labute approximate surface area is 80.7 Å². The molecule has 0 bridgehead atoms. The Morgan fingerprint density at radius 3 is 2.92 bits per heavy atom. The zero-order chi connectivity index (χ0) is 9.84. The molecule has 0 spiro atoms. The van der Waals surface area contributed by atoms with Gasteiger partial charge in [0.25, 0.3) is 5.91 Å². The van der Waals surface area contributed by atoms with E-state index in [1.165, 1.54) is 18.2 Å². The lowest BCUT2D eigenvalue weighted by atomic mass is 10.2. The molecule has 1 rings (SSSR count). The van der Waals surface area contributed by atoms with Crippen molar-refractivity contribution in [1.82, 2.24) is 5.32 Å². The van der Waals surface area contributed by atoms with Crippen LogP contribution in [0, 0.1) is 5.82 Å². The van der Waals surface area contributed by atoms with Crippen LogP contribution in [0.25, 0.3) is 0 Å². The lowest BCUT2D eigenvalue weighted by molar-refractivity contribution is 0.0955. The van der Waals surface area contributed by atoms with Crippen LogP contribution in [0.3, 0.4) is 0 Å². The van der Waals surface area contributed by atoms with Gasteiger partial charge in [-0.05, 0) is 19.1 Å². The highest BCUT2D eigenvalue weighted by Gasteiger charge is 2.11. The SMILES string of the molecule is CCNC(=O)c1cccc(F)c1Cl. The molecule has 13 heavy (non-hydrogen) atoms. The minimum atomic E-state index is -0.578. The van der Waals surface area contributed by atoms with Crippen molar-refractivity contribution < 1.29 is 9.18 Å². The molecule has 70 valence electrons. The number of carbonyl (C=O) groups excluding carboxylic acids is 1. The van der Waals surface area contributed by atoms with Crippen molar-refractivity contribution >= 4 is 17.5 Å². The van der Waals surface area contributed by atoms with Crippen LogP contribution < -0.4 is 5.32 Å². The Kier molecular flexibility index (Phi) is 3.25. The van der Waals surface area contributed by atoms with Gasteiger partial charge in [0.2, 0.25) is 0 Å². The molecule has 1 amide bonds. The normalized spacial score (nSPS) is 9.77. The van der Waals surface area contributed by atoms with Gasteiger partial charge in [-0.2, -0.15) is 0 Å². The first-order chi connectivity index (χ1) is 6.16. The molecule has 0 aliphatic carbocycles. The summed E-state index contributed by atoms with van der Waals surface area (Å²) < 4.78 is 12.9. The summed E-state index contributed by atoms with van der Waals surface area (Å²) in [5, 5.41) is 2.41. The fraction of sp³-hybridized carbons (Fsp3) is 0.222. The minimum absolute atomic E-state index is 0.131. The third-order valence-electron chi connectivity index (χ3n) is 1.53. The van der Waals surface area contributed by atoms with E-state index in [9.17, 15) is 9.18 Å². The highest BCUT2D eigenvalue weighted by Crippen LogP contribution is 2.19. The third kappa shape index (κ3) is 2.18. The van der Waals surface area contributed by atoms with Crippen LogP contribution in [0.1, 0.15) is 17.3 Å². The highest BCUT2D eigenvalue weighted by atomic mass is 35.5. The Hall–Kier alpha value is -1.09. The fourth-order valence-corrected chi connectivity index (χ4v) is 1.15. The second-order valence-electron chi connectivity index (χ2n) is 2.46. The van der Waals surface area contributed by atoms with Crippen LogP contribution in [0.5, 0.6) is 0 Å². The molecule has 0 saturated heterocycles. The second kappa shape index (κ2) is 4.23. The fourth-order valence-electron chi connectivity index (χ4n) is 0.935. The van der Waals surface area contributed by atoms with Gasteiger partial charge < -0.3 is 5.32 Å². The average Bonchev–Trinajstić information content (AvgIpc) is 2.10. The number of hydrogen-bond acceptors (Lipinski definition) is 1. The Balaban J connectivity index is 3.01. The molecule has 1 N–H and O–H groups in total. The van der Waals surface area contributed by atoms with Gasteiger partial charge in [0.05, 0.1) is 10.6 Å². The Morgan fingerprint density at radius 2 is 2.31 bits per heavy atom. The summed E-state index contributed by atoms with van der Waals surface area (Å²) in [6.45, 7) is 2.27. The van der Waals surface area contributed by atoms with Gasteiger partial charge in [0.1, 0.15) is 5.82 Å². The van der Waals surface area contributed by atoms with Gasteiger partial charge in [-0.15, -0.1) is 0 Å². The summed E-state index contributed by atoms with van der Waals surface area (Å²) in [4.78, 5) is 11.3. The number of rotatable bonds is 2. The average molecular weight is 202 g/mol. The Bertz CT molecular complexity index is 327. The number of nitrogens with one attached hydrogen (secondary N) is 1. The first kappa shape index (κ1) is 9.99. The summed E-state index contributed by atoms with van der Waals surface area (Å²) in [5.41, 5.74) is 0.170. The molecule has 0 unspecified atom stereocenters. The van der Waals surface area contributed by atoms with Crippen molar-refractivity contribution in [3.05, 3.63) is 34.6 Å². The van der Waals surface area contributed by atoms with E-state index in [1.54, 1.807) is 6.92 Å². The van der Waals surface area contributed by atoms with Crippen molar-refractivity contribution in [2.45, 2.75) is 6.92 Å². The van der Waals surface area contributed by atoms with Gasteiger partial charge in [0.15, 0.2) is 0 Å². The molecular weight excluding hydrogens is 193 g/mol. The van der Waals surface area contributed by atoms with Crippen LogP contribution >= 0.6 is 11.6 Å². The van der Waals surface area contributed by atoms with Crippen molar-refractivity contribution in [3.8, 4) is 0 Å². The highest BCUT2D eigenvalue weighted by molar-refractivity contribution is 6.34. The van der Waals surface area contributed by atoms with E-state index in [-0.39, 0.29) is 16.5 Å². The van der Waals surface area contributed by atoms with Crippen LogP contribution in [0.2, 0.25) is 5.02 Å². The van der Waals surface area contributed by atoms with Gasteiger partial charge in [-0.1, -0.05) is 17.7 Å². The predicted molar refractivity (Wildman–Crippen MR) is 49.4 cm³/mol. The van der Waals surface area contributed by atoms with E-state index >= 15 is 0 Å². The topological polar surface area (TPSA) is 29.1 Å². The summed E-state index contributed by atoms with van der Waals surface area (Å²) >= 11 is 5.59. The van der Waals surface area contributed by atoms with Gasteiger partial charge in [0, 0.05) is 6.54 Å². The molecule has 1 aromatic rings. The summed E-state index contributed by atoms with van der Waals surface area (Å²) in [6.07, 6.45) is 0. The van der Waals surface area contributed by atoms with Gasteiger partial charge in [-0.25, -0.2) is 4.39 Å². The van der Waals surface area contributed by atoms with Crippen LogP contribution in [-0.4, -0.2) is 12.5 Å². The van der Waals surface area contributed by atoms with Crippen molar-refractivity contribution in [2.24, 2.45) is 0 Å². The third-order valence-corrected chi connectivity index (χ3v) is 1.92. The zero-order valence-electron chi connectivity index (χ0n) is 7.10. The van der Waals surface area contributed by atoms with E-state index in [1.807, 2.05) is 0 Å². The lowest BCUT2D eigenvalue weighted by Gasteiger charge is -2.04. The molecule has 2 nitrogen and oxygen atoms in total. The molecule has 0 atom stereocenters. The van der Waals surface area contributed by atoms with E-state index in [2.05, 4.69) is 5.32 Å². The lowest BCUT2D eigenvalue weighted by Crippen LogP contribution is -2.23. The summed E-state index contributed by atoms with van der Waals surface area (Å²) in [6, 6.07) is 4.15. The second-order valence-corrected chi connectivity index (χ2v) is 2.84. The van der Waals surface area contributed by atoms with E-state index in [0.717, 1.165) is 0 Å². The smallest absolute Gasteiger partial charge is 0.252 e. The van der Waals surface area contributed by atoms with Crippen molar-refractivity contribution in [1.29, 1.82) is 0 Å². The van der Waals surface area contributed by atoms with E-state index in [0.29, 0.717) is 6.54 Å². The van der Waals surface area contributed by atoms with Crippen LogP contribution in [0.4, 0.5) is 4.39 Å².